The highest BCUT2D eigenvalue weighted by atomic mass is 32.2. The van der Waals surface area contributed by atoms with Gasteiger partial charge in [-0.25, -0.2) is 12.7 Å². The van der Waals surface area contributed by atoms with Crippen LogP contribution in [0.5, 0.6) is 0 Å². The van der Waals surface area contributed by atoms with Crippen molar-refractivity contribution in [1.29, 1.82) is 5.26 Å². The lowest BCUT2D eigenvalue weighted by Crippen LogP contribution is -2.27. The molecule has 0 spiro atoms. The molecule has 4 nitrogen and oxygen atoms in total. The van der Waals surface area contributed by atoms with Crippen LogP contribution in [0.25, 0.3) is 0 Å². The Morgan fingerprint density at radius 2 is 1.77 bits per heavy atom. The van der Waals surface area contributed by atoms with Crippen LogP contribution in [0.3, 0.4) is 0 Å². The van der Waals surface area contributed by atoms with Crippen LogP contribution in [0.2, 0.25) is 0 Å². The first-order chi connectivity index (χ1) is 10.5. The van der Waals surface area contributed by atoms with Gasteiger partial charge in [-0.1, -0.05) is 41.6 Å². The van der Waals surface area contributed by atoms with Gasteiger partial charge in [-0.15, -0.1) is 0 Å². The SMILES string of the molecule is Cc1ccc(S(=O)(=O)N2C=C(C#N)Sc3ccccc32)cc1. The van der Waals surface area contributed by atoms with Gasteiger partial charge in [0.2, 0.25) is 0 Å². The summed E-state index contributed by atoms with van der Waals surface area (Å²) in [5.74, 6) is 0. The van der Waals surface area contributed by atoms with Crippen molar-refractivity contribution < 1.29 is 8.42 Å². The number of para-hydroxylation sites is 1. The number of hydrogen-bond donors (Lipinski definition) is 0. The van der Waals surface area contributed by atoms with Crippen molar-refractivity contribution in [2.24, 2.45) is 0 Å². The second-order valence-electron chi connectivity index (χ2n) is 4.79. The van der Waals surface area contributed by atoms with Crippen LogP contribution in [-0.4, -0.2) is 8.42 Å². The lowest BCUT2D eigenvalue weighted by molar-refractivity contribution is 0.595. The van der Waals surface area contributed by atoms with Crippen molar-refractivity contribution in [2.75, 3.05) is 4.31 Å². The number of anilines is 1. The summed E-state index contributed by atoms with van der Waals surface area (Å²) >= 11 is 1.27. The van der Waals surface area contributed by atoms with E-state index in [0.29, 0.717) is 10.6 Å². The lowest BCUT2D eigenvalue weighted by atomic mass is 10.2. The number of nitrogens with zero attached hydrogens (tertiary/aromatic N) is 2. The number of rotatable bonds is 2. The van der Waals surface area contributed by atoms with Crippen LogP contribution in [0, 0.1) is 18.3 Å². The first-order valence-corrected chi connectivity index (χ1v) is 8.78. The smallest absolute Gasteiger partial charge is 0.239 e. The molecule has 0 aromatic heterocycles. The Balaban J connectivity index is 2.16. The molecule has 6 heteroatoms. The average Bonchev–Trinajstić information content (AvgIpc) is 2.54. The van der Waals surface area contributed by atoms with Crippen molar-refractivity contribution >= 4 is 27.5 Å². The molecular weight excluding hydrogens is 316 g/mol. The first kappa shape index (κ1) is 14.7. The highest BCUT2D eigenvalue weighted by Gasteiger charge is 2.29. The zero-order valence-corrected chi connectivity index (χ0v) is 13.4. The predicted molar refractivity (Wildman–Crippen MR) is 86.8 cm³/mol. The Morgan fingerprint density at radius 1 is 1.09 bits per heavy atom. The molecule has 2 aromatic rings. The number of fused-ring (bicyclic) bond motifs is 1. The van der Waals surface area contributed by atoms with Crippen molar-refractivity contribution in [3.05, 3.63) is 65.2 Å². The van der Waals surface area contributed by atoms with Crippen LogP contribution >= 0.6 is 11.8 Å². The molecule has 1 heterocycles. The monoisotopic (exact) mass is 328 g/mol. The van der Waals surface area contributed by atoms with Crippen LogP contribution in [0.1, 0.15) is 5.56 Å². The third kappa shape index (κ3) is 2.49. The van der Waals surface area contributed by atoms with E-state index in [-0.39, 0.29) is 4.90 Å². The molecule has 0 saturated heterocycles. The Morgan fingerprint density at radius 3 is 2.45 bits per heavy atom. The zero-order valence-electron chi connectivity index (χ0n) is 11.7. The molecule has 2 aromatic carbocycles. The molecule has 0 unspecified atom stereocenters. The van der Waals surface area contributed by atoms with Gasteiger partial charge >= 0.3 is 0 Å². The number of nitriles is 1. The van der Waals surface area contributed by atoms with E-state index in [2.05, 4.69) is 0 Å². The molecule has 0 atom stereocenters. The quantitative estimate of drug-likeness (QED) is 0.844. The number of sulfonamides is 1. The van der Waals surface area contributed by atoms with E-state index in [1.165, 1.54) is 22.3 Å². The normalized spacial score (nSPS) is 14.0. The van der Waals surface area contributed by atoms with Gasteiger partial charge in [0.25, 0.3) is 10.0 Å². The fourth-order valence-electron chi connectivity index (χ4n) is 2.12. The van der Waals surface area contributed by atoms with E-state index in [1.807, 2.05) is 25.1 Å². The molecule has 1 aliphatic heterocycles. The average molecular weight is 328 g/mol. The summed E-state index contributed by atoms with van der Waals surface area (Å²) in [5, 5.41) is 9.15. The third-order valence-electron chi connectivity index (χ3n) is 3.25. The molecule has 0 fully saturated rings. The minimum Gasteiger partial charge on any atom is -0.239 e. The van der Waals surface area contributed by atoms with Gasteiger partial charge in [-0.2, -0.15) is 5.26 Å². The van der Waals surface area contributed by atoms with Crippen LogP contribution in [-0.2, 0) is 10.0 Å². The highest BCUT2D eigenvalue weighted by Crippen LogP contribution is 2.41. The van der Waals surface area contributed by atoms with E-state index in [9.17, 15) is 8.42 Å². The largest absolute Gasteiger partial charge is 0.268 e. The van der Waals surface area contributed by atoms with Crippen molar-refractivity contribution in [3.8, 4) is 6.07 Å². The standard InChI is InChI=1S/C16H12N2O2S2/c1-12-6-8-14(9-7-12)22(19,20)18-11-13(10-17)21-16-5-3-2-4-15(16)18/h2-9,11H,1H3. The fourth-order valence-corrected chi connectivity index (χ4v) is 4.47. The van der Waals surface area contributed by atoms with Gasteiger partial charge < -0.3 is 0 Å². The fraction of sp³-hybridized carbons (Fsp3) is 0.0625. The molecule has 0 N–H and O–H groups in total. The topological polar surface area (TPSA) is 61.2 Å². The van der Waals surface area contributed by atoms with Gasteiger partial charge in [0.05, 0.1) is 10.6 Å². The van der Waals surface area contributed by atoms with Crippen LogP contribution in [0.4, 0.5) is 5.69 Å². The molecule has 22 heavy (non-hydrogen) atoms. The van der Waals surface area contributed by atoms with Crippen LogP contribution < -0.4 is 4.31 Å². The molecule has 1 aliphatic rings. The maximum atomic E-state index is 12.9. The van der Waals surface area contributed by atoms with Gasteiger partial charge in [-0.3, -0.25) is 0 Å². The Bertz CT molecular complexity index is 894. The number of allylic oxidation sites excluding steroid dienone is 1. The number of hydrogen-bond acceptors (Lipinski definition) is 4. The molecule has 3 rings (SSSR count). The molecule has 0 radical (unpaired) electrons. The van der Waals surface area contributed by atoms with Gasteiger partial charge in [0.1, 0.15) is 11.0 Å². The summed E-state index contributed by atoms with van der Waals surface area (Å²) in [4.78, 5) is 1.29. The van der Waals surface area contributed by atoms with Crippen LogP contribution in [0.15, 0.2) is 69.4 Å². The molecular formula is C16H12N2O2S2. The lowest BCUT2D eigenvalue weighted by Gasteiger charge is -2.26. The van der Waals surface area contributed by atoms with Crippen molar-refractivity contribution in [3.63, 3.8) is 0 Å². The molecule has 0 amide bonds. The Kier molecular flexibility index (Phi) is 3.69. The summed E-state index contributed by atoms with van der Waals surface area (Å²) in [6.07, 6.45) is 1.38. The second-order valence-corrected chi connectivity index (χ2v) is 7.69. The number of benzene rings is 2. The van der Waals surface area contributed by atoms with E-state index in [4.69, 9.17) is 5.26 Å². The molecule has 0 bridgehead atoms. The van der Waals surface area contributed by atoms with E-state index in [1.54, 1.807) is 36.4 Å². The molecule has 110 valence electrons. The Hall–Kier alpha value is -2.23. The molecule has 0 aliphatic carbocycles. The number of thioether (sulfide) groups is 1. The summed E-state index contributed by atoms with van der Waals surface area (Å²) < 4.78 is 27.0. The highest BCUT2D eigenvalue weighted by molar-refractivity contribution is 8.03. The maximum absolute atomic E-state index is 12.9. The van der Waals surface area contributed by atoms with Gasteiger partial charge in [0, 0.05) is 11.1 Å². The molecule has 0 saturated carbocycles. The summed E-state index contributed by atoms with van der Waals surface area (Å²) in [6, 6.07) is 15.8. The van der Waals surface area contributed by atoms with Crippen molar-refractivity contribution in [1.82, 2.24) is 0 Å². The zero-order chi connectivity index (χ0) is 15.7. The summed E-state index contributed by atoms with van der Waals surface area (Å²) in [7, 11) is -3.74. The van der Waals surface area contributed by atoms with E-state index >= 15 is 0 Å². The van der Waals surface area contributed by atoms with Gasteiger partial charge in [-0.05, 0) is 31.2 Å². The minimum absolute atomic E-state index is 0.202. The van der Waals surface area contributed by atoms with E-state index < -0.39 is 10.0 Å². The van der Waals surface area contributed by atoms with Gasteiger partial charge in [0.15, 0.2) is 0 Å². The summed E-state index contributed by atoms with van der Waals surface area (Å²) in [5.41, 5.74) is 1.55. The maximum Gasteiger partial charge on any atom is 0.268 e. The minimum atomic E-state index is -3.74. The Labute approximate surface area is 133 Å². The second kappa shape index (κ2) is 5.52. The first-order valence-electron chi connectivity index (χ1n) is 6.52. The number of aryl methyl sites for hydroxylation is 1. The van der Waals surface area contributed by atoms with E-state index in [0.717, 1.165) is 10.5 Å². The van der Waals surface area contributed by atoms with Crippen molar-refractivity contribution in [2.45, 2.75) is 16.7 Å². The summed E-state index contributed by atoms with van der Waals surface area (Å²) in [6.45, 7) is 1.90. The predicted octanol–water partition coefficient (Wildman–Crippen LogP) is 3.66. The third-order valence-corrected chi connectivity index (χ3v) is 5.91.